The van der Waals surface area contributed by atoms with E-state index in [0.29, 0.717) is 18.6 Å². The van der Waals surface area contributed by atoms with Crippen molar-refractivity contribution in [2.45, 2.75) is 57.3 Å². The smallest absolute Gasteiger partial charge is 0.224 e. The molecule has 0 spiro atoms. The number of nitrogens with one attached hydrogen (secondary N) is 2. The molecule has 8 heteroatoms. The minimum absolute atomic E-state index is 0.119. The monoisotopic (exact) mass is 478 g/mol. The summed E-state index contributed by atoms with van der Waals surface area (Å²) in [6.45, 7) is 7.98. The van der Waals surface area contributed by atoms with Crippen LogP contribution in [0.25, 0.3) is 22.2 Å². The van der Waals surface area contributed by atoms with Gasteiger partial charge in [-0.3, -0.25) is 4.90 Å². The highest BCUT2D eigenvalue weighted by Crippen LogP contribution is 2.36. The third-order valence-corrected chi connectivity index (χ3v) is 7.30. The summed E-state index contributed by atoms with van der Waals surface area (Å²) in [4.78, 5) is 12.1. The van der Waals surface area contributed by atoms with Gasteiger partial charge in [0.05, 0.1) is 12.7 Å². The number of anilines is 1. The van der Waals surface area contributed by atoms with Crippen molar-refractivity contribution >= 4 is 17.0 Å². The van der Waals surface area contributed by atoms with Crippen molar-refractivity contribution in [2.75, 3.05) is 45.2 Å². The number of piperazine rings is 1. The fourth-order valence-electron chi connectivity index (χ4n) is 5.37. The number of hydrogen-bond acceptors (Lipinski definition) is 7. The van der Waals surface area contributed by atoms with Crippen LogP contribution in [0.3, 0.4) is 0 Å². The van der Waals surface area contributed by atoms with Gasteiger partial charge in [0.25, 0.3) is 0 Å². The number of methoxy groups -OCH3 is 1. The third kappa shape index (κ3) is 5.67. The average molecular weight is 479 g/mol. The van der Waals surface area contributed by atoms with E-state index in [1.54, 1.807) is 7.11 Å². The largest absolute Gasteiger partial charge is 0.393 e. The predicted molar refractivity (Wildman–Crippen MR) is 140 cm³/mol. The molecule has 1 aliphatic heterocycles. The maximum atomic E-state index is 10.0. The zero-order valence-corrected chi connectivity index (χ0v) is 20.9. The van der Waals surface area contributed by atoms with Crippen LogP contribution in [-0.4, -0.2) is 76.6 Å². The Kier molecular flexibility index (Phi) is 7.63. The molecule has 0 radical (unpaired) electrons. The molecule has 1 saturated carbocycles. The molecule has 8 nitrogen and oxygen atoms in total. The van der Waals surface area contributed by atoms with Gasteiger partial charge in [0.2, 0.25) is 5.95 Å². The number of fused-ring (bicyclic) bond motifs is 1. The molecule has 0 amide bonds. The summed E-state index contributed by atoms with van der Waals surface area (Å²) >= 11 is 0. The van der Waals surface area contributed by atoms with Gasteiger partial charge in [-0.25, -0.2) is 4.98 Å². The first kappa shape index (κ1) is 24.2. The van der Waals surface area contributed by atoms with Gasteiger partial charge in [-0.15, -0.1) is 0 Å². The normalized spacial score (nSPS) is 22.4. The van der Waals surface area contributed by atoms with E-state index in [1.807, 2.05) is 6.20 Å². The van der Waals surface area contributed by atoms with Gasteiger partial charge in [-0.1, -0.05) is 24.3 Å². The van der Waals surface area contributed by atoms with Gasteiger partial charge in [-0.05, 0) is 43.7 Å². The van der Waals surface area contributed by atoms with Crippen molar-refractivity contribution in [3.8, 4) is 11.1 Å². The first-order chi connectivity index (χ1) is 17.1. The predicted octanol–water partition coefficient (Wildman–Crippen LogP) is 3.43. The van der Waals surface area contributed by atoms with E-state index in [2.05, 4.69) is 62.5 Å². The lowest BCUT2D eigenvalue weighted by atomic mass is 9.93. The van der Waals surface area contributed by atoms with Gasteiger partial charge in [-0.2, -0.15) is 4.98 Å². The molecule has 5 rings (SSSR count). The second kappa shape index (κ2) is 11.0. The molecule has 2 fully saturated rings. The number of benzene rings is 1. The summed E-state index contributed by atoms with van der Waals surface area (Å²) in [6.07, 6.45) is 7.60. The van der Waals surface area contributed by atoms with Crippen LogP contribution in [0.4, 0.5) is 5.95 Å². The molecule has 1 aliphatic carbocycles. The van der Waals surface area contributed by atoms with Gasteiger partial charge >= 0.3 is 0 Å². The summed E-state index contributed by atoms with van der Waals surface area (Å²) in [5, 5.41) is 17.9. The Labute approximate surface area is 207 Å². The molecule has 3 N–H and O–H groups in total. The van der Waals surface area contributed by atoms with Crippen molar-refractivity contribution < 1.29 is 9.84 Å². The molecule has 2 aromatic heterocycles. The first-order valence-corrected chi connectivity index (χ1v) is 12.9. The Hall–Kier alpha value is -2.52. The SMILES string of the molecule is COC[C@H](C)Nc1ncc2c(-c3ccc(CN4CCNCC4)cc3)cn(C3CCC(O)CC3)c2n1. The molecule has 3 heterocycles. The van der Waals surface area contributed by atoms with Crippen molar-refractivity contribution in [2.24, 2.45) is 0 Å². The van der Waals surface area contributed by atoms with E-state index in [4.69, 9.17) is 9.72 Å². The molecule has 1 aromatic carbocycles. The van der Waals surface area contributed by atoms with Crippen LogP contribution < -0.4 is 10.6 Å². The second-order valence-corrected chi connectivity index (χ2v) is 10.1. The minimum Gasteiger partial charge on any atom is -0.393 e. The van der Waals surface area contributed by atoms with Crippen molar-refractivity contribution in [3.05, 3.63) is 42.2 Å². The summed E-state index contributed by atoms with van der Waals surface area (Å²) in [5.74, 6) is 0.621. The molecule has 0 bridgehead atoms. The molecule has 3 aromatic rings. The maximum absolute atomic E-state index is 10.0. The molecule has 35 heavy (non-hydrogen) atoms. The number of aliphatic hydroxyl groups excluding tert-OH is 1. The lowest BCUT2D eigenvalue weighted by molar-refractivity contribution is 0.111. The Bertz CT molecular complexity index is 1100. The van der Waals surface area contributed by atoms with Crippen molar-refractivity contribution in [3.63, 3.8) is 0 Å². The number of nitrogens with zero attached hydrogens (tertiary/aromatic N) is 4. The highest BCUT2D eigenvalue weighted by molar-refractivity contribution is 5.94. The highest BCUT2D eigenvalue weighted by Gasteiger charge is 2.24. The number of aliphatic hydroxyl groups is 1. The fraction of sp³-hybridized carbons (Fsp3) is 0.556. The standard InChI is InChI=1S/C27H38N6O2/c1-19(18-35-2)30-27-29-15-24-25(17-33(26(24)31-27)22-7-9-23(34)10-8-22)21-5-3-20(4-6-21)16-32-13-11-28-12-14-32/h3-6,15,17,19,22-23,28,34H,7-14,16,18H2,1-2H3,(H,29,30,31)/t19-,22?,23?/m0/s1. The highest BCUT2D eigenvalue weighted by atomic mass is 16.5. The number of rotatable bonds is 8. The van der Waals surface area contributed by atoms with E-state index < -0.39 is 0 Å². The first-order valence-electron chi connectivity index (χ1n) is 12.9. The summed E-state index contributed by atoms with van der Waals surface area (Å²) in [7, 11) is 1.70. The molecule has 0 unspecified atom stereocenters. The zero-order chi connectivity index (χ0) is 24.2. The van der Waals surface area contributed by atoms with Gasteiger partial charge in [0, 0.05) is 75.3 Å². The van der Waals surface area contributed by atoms with Crippen molar-refractivity contribution in [1.82, 2.24) is 24.8 Å². The number of hydrogen-bond donors (Lipinski definition) is 3. The van der Waals surface area contributed by atoms with Crippen LogP contribution in [0.15, 0.2) is 36.7 Å². The number of aromatic nitrogens is 3. The fourth-order valence-corrected chi connectivity index (χ4v) is 5.37. The minimum atomic E-state index is -0.183. The number of ether oxygens (including phenoxy) is 1. The zero-order valence-electron chi connectivity index (χ0n) is 20.9. The lowest BCUT2D eigenvalue weighted by Gasteiger charge is -2.27. The van der Waals surface area contributed by atoms with E-state index in [9.17, 15) is 5.11 Å². The van der Waals surface area contributed by atoms with Gasteiger partial charge < -0.3 is 25.0 Å². The molecular weight excluding hydrogens is 440 g/mol. The van der Waals surface area contributed by atoms with E-state index in [0.717, 1.165) is 75.0 Å². The topological polar surface area (TPSA) is 87.5 Å². The maximum Gasteiger partial charge on any atom is 0.224 e. The van der Waals surface area contributed by atoms with Crippen LogP contribution >= 0.6 is 0 Å². The van der Waals surface area contributed by atoms with E-state index in [1.165, 1.54) is 11.1 Å². The Morgan fingerprint density at radius 2 is 1.89 bits per heavy atom. The van der Waals surface area contributed by atoms with Gasteiger partial charge in [0.1, 0.15) is 5.65 Å². The quantitative estimate of drug-likeness (QED) is 0.457. The van der Waals surface area contributed by atoms with Crippen LogP contribution in [0.2, 0.25) is 0 Å². The van der Waals surface area contributed by atoms with Gasteiger partial charge in [0.15, 0.2) is 0 Å². The third-order valence-electron chi connectivity index (χ3n) is 7.30. The molecule has 2 aliphatic rings. The van der Waals surface area contributed by atoms with E-state index in [-0.39, 0.29) is 12.1 Å². The Morgan fingerprint density at radius 3 is 2.60 bits per heavy atom. The van der Waals surface area contributed by atoms with Crippen LogP contribution in [0.1, 0.15) is 44.2 Å². The summed E-state index contributed by atoms with van der Waals surface area (Å²) < 4.78 is 7.58. The average Bonchev–Trinajstić information content (AvgIpc) is 3.24. The molecule has 1 atom stereocenters. The second-order valence-electron chi connectivity index (χ2n) is 10.1. The van der Waals surface area contributed by atoms with Crippen LogP contribution in [-0.2, 0) is 11.3 Å². The molecular formula is C27H38N6O2. The van der Waals surface area contributed by atoms with E-state index >= 15 is 0 Å². The van der Waals surface area contributed by atoms with Crippen molar-refractivity contribution in [1.29, 1.82) is 0 Å². The Balaban J connectivity index is 1.45. The Morgan fingerprint density at radius 1 is 1.14 bits per heavy atom. The van der Waals surface area contributed by atoms with Crippen LogP contribution in [0, 0.1) is 0 Å². The summed E-state index contributed by atoms with van der Waals surface area (Å²) in [6, 6.07) is 9.41. The molecule has 188 valence electrons. The lowest BCUT2D eigenvalue weighted by Crippen LogP contribution is -2.42. The summed E-state index contributed by atoms with van der Waals surface area (Å²) in [5.41, 5.74) is 4.64. The van der Waals surface area contributed by atoms with Crippen LogP contribution in [0.5, 0.6) is 0 Å². The molecule has 1 saturated heterocycles.